The van der Waals surface area contributed by atoms with Gasteiger partial charge < -0.3 is 78.7 Å². The Morgan fingerprint density at radius 2 is 1.35 bits per heavy atom. The van der Waals surface area contributed by atoms with Gasteiger partial charge in [-0.2, -0.15) is 0 Å². The van der Waals surface area contributed by atoms with Gasteiger partial charge in [-0.15, -0.1) is 0 Å². The summed E-state index contributed by atoms with van der Waals surface area (Å²) in [4.78, 5) is 14.6. The maximum atomic E-state index is 14.6. The summed E-state index contributed by atoms with van der Waals surface area (Å²) in [5.74, 6) is 0.875. The van der Waals surface area contributed by atoms with Gasteiger partial charge in [0.1, 0.15) is 61.0 Å². The van der Waals surface area contributed by atoms with Crippen LogP contribution >= 0.6 is 0 Å². The molecule has 0 radical (unpaired) electrons. The highest BCUT2D eigenvalue weighted by atomic mass is 16.8. The zero-order valence-corrected chi connectivity index (χ0v) is 36.7. The minimum absolute atomic E-state index is 0.0199. The van der Waals surface area contributed by atoms with Crippen LogP contribution in [0.25, 0.3) is 0 Å². The van der Waals surface area contributed by atoms with Crippen molar-refractivity contribution in [2.45, 2.75) is 203 Å². The van der Waals surface area contributed by atoms with Crippen LogP contribution in [-0.2, 0) is 42.7 Å². The van der Waals surface area contributed by atoms with Crippen molar-refractivity contribution in [2.75, 3.05) is 13.2 Å². The van der Waals surface area contributed by atoms with Crippen LogP contribution in [0.2, 0.25) is 0 Å². The lowest BCUT2D eigenvalue weighted by molar-refractivity contribution is -0.389. The zero-order chi connectivity index (χ0) is 44.4. The van der Waals surface area contributed by atoms with Gasteiger partial charge in [-0.1, -0.05) is 33.3 Å². The lowest BCUT2D eigenvalue weighted by Gasteiger charge is -2.57. The first-order valence-corrected chi connectivity index (χ1v) is 23.2. The smallest absolute Gasteiger partial charge is 0.187 e. The maximum Gasteiger partial charge on any atom is 0.187 e. The molecule has 352 valence electrons. The summed E-state index contributed by atoms with van der Waals surface area (Å²) < 4.78 is 49.8. The average molecular weight is 883 g/mol. The van der Waals surface area contributed by atoms with Crippen molar-refractivity contribution >= 4 is 5.78 Å². The van der Waals surface area contributed by atoms with E-state index in [2.05, 4.69) is 27.7 Å². The molecule has 0 unspecified atom stereocenters. The number of hydrogen-bond acceptors (Lipinski definition) is 17. The molecule has 17 heteroatoms. The van der Waals surface area contributed by atoms with Crippen LogP contribution in [0.4, 0.5) is 0 Å². The van der Waals surface area contributed by atoms with Crippen LogP contribution in [-0.4, -0.2) is 170 Å². The number of rotatable bonds is 7. The predicted molar refractivity (Wildman–Crippen MR) is 213 cm³/mol. The molecule has 5 saturated heterocycles. The lowest BCUT2D eigenvalue weighted by Crippen LogP contribution is -2.66. The quantitative estimate of drug-likeness (QED) is 0.161. The molecule has 8 fully saturated rings. The number of aliphatic hydroxyl groups is 8. The summed E-state index contributed by atoms with van der Waals surface area (Å²) in [5.41, 5.74) is 0.443. The van der Waals surface area contributed by atoms with Gasteiger partial charge in [0, 0.05) is 23.7 Å². The molecule has 1 spiro atoms. The standard InChI is InChI=1S/C45H70O17/c1-18-9-12-45(55-17-18)19(2)30-27(62-45)14-26-24-8-7-22-13-23(10-11-43(22,5)25(24)15-29(47)44(26,30)6)58-42-39(61-41-36(53)34(51)32(49)21(4)57-41)37(54)38(28(16-46)59-42)60-40-35(52)33(50)31(48)20(3)56-40/h15,18-24,26-28,30-42,46,48-54H,7-14,16-17H2,1-6H3/t18-,19+,20+,21+,22+,23+,24-,26+,27+,28-,30+,31+,32+,33-,34-,35-,36-,37+,38-,39-,40+,41+,42-,43+,44-,45-/m1/s1. The SMILES string of the molecule is C[C@@H]1CC[C@@]2(OC1)O[C@H]1C[C@H]3[C@@H]4CC[C@H]5C[C@@H](O[C@@H]6O[C@H](CO)[C@@H](O[C@@H]7O[C@@H](C)[C@H](O)[C@@H](O)[C@H]7O)[C@H](O)[C@H]6O[C@@H]6O[C@@H](C)[C@H](O)[C@@H](O)[C@H]6O)CC[C@]5(C)C4=CC(=O)[C@]3(C)[C@H]1[C@@H]2C. The van der Waals surface area contributed by atoms with Crippen molar-refractivity contribution in [3.05, 3.63) is 11.6 Å². The molecule has 9 aliphatic rings. The Hall–Kier alpha value is -1.23. The second-order valence-corrected chi connectivity index (χ2v) is 20.9. The summed E-state index contributed by atoms with van der Waals surface area (Å²) in [5, 5.41) is 85.9. The second kappa shape index (κ2) is 16.8. The van der Waals surface area contributed by atoms with Crippen LogP contribution < -0.4 is 0 Å². The van der Waals surface area contributed by atoms with E-state index in [1.165, 1.54) is 19.4 Å². The van der Waals surface area contributed by atoms with E-state index in [1.54, 1.807) is 0 Å². The Morgan fingerprint density at radius 1 is 0.710 bits per heavy atom. The Kier molecular flexibility index (Phi) is 12.5. The fourth-order valence-electron chi connectivity index (χ4n) is 13.6. The van der Waals surface area contributed by atoms with Crippen molar-refractivity contribution < 1.29 is 83.5 Å². The first-order chi connectivity index (χ1) is 29.3. The van der Waals surface area contributed by atoms with Crippen molar-refractivity contribution in [3.8, 4) is 0 Å². The van der Waals surface area contributed by atoms with Crippen LogP contribution in [0.5, 0.6) is 0 Å². The average Bonchev–Trinajstić information content (AvgIpc) is 3.70. The van der Waals surface area contributed by atoms with Gasteiger partial charge in [-0.05, 0) is 94.0 Å². The van der Waals surface area contributed by atoms with E-state index in [1.807, 2.05) is 6.08 Å². The molecule has 62 heavy (non-hydrogen) atoms. The number of carbonyl (C=O) groups is 1. The summed E-state index contributed by atoms with van der Waals surface area (Å²) in [6, 6.07) is 0. The summed E-state index contributed by atoms with van der Waals surface area (Å²) >= 11 is 0. The van der Waals surface area contributed by atoms with Crippen molar-refractivity contribution in [1.29, 1.82) is 0 Å². The zero-order valence-electron chi connectivity index (χ0n) is 36.7. The Morgan fingerprint density at radius 3 is 1.97 bits per heavy atom. The highest BCUT2D eigenvalue weighted by molar-refractivity contribution is 5.97. The fraction of sp³-hybridized carbons (Fsp3) is 0.933. The largest absolute Gasteiger partial charge is 0.394 e. The topological polar surface area (TPSA) is 253 Å². The van der Waals surface area contributed by atoms with Gasteiger partial charge in [-0.25, -0.2) is 0 Å². The molecule has 0 aromatic carbocycles. The van der Waals surface area contributed by atoms with E-state index >= 15 is 0 Å². The molecule has 26 atom stereocenters. The van der Waals surface area contributed by atoms with Crippen LogP contribution in [0.1, 0.15) is 92.9 Å². The van der Waals surface area contributed by atoms with E-state index < -0.39 is 116 Å². The van der Waals surface area contributed by atoms with Crippen LogP contribution in [0, 0.1) is 46.3 Å². The molecule has 0 bridgehead atoms. The van der Waals surface area contributed by atoms with Gasteiger partial charge in [0.25, 0.3) is 0 Å². The van der Waals surface area contributed by atoms with Crippen molar-refractivity contribution in [1.82, 2.24) is 0 Å². The molecule has 5 heterocycles. The second-order valence-electron chi connectivity index (χ2n) is 20.9. The number of carbonyl (C=O) groups excluding carboxylic acids is 1. The molecule has 4 aliphatic carbocycles. The highest BCUT2D eigenvalue weighted by Crippen LogP contribution is 2.69. The molecule has 17 nitrogen and oxygen atoms in total. The van der Waals surface area contributed by atoms with Crippen LogP contribution in [0.15, 0.2) is 11.6 Å². The Balaban J connectivity index is 0.926. The van der Waals surface area contributed by atoms with Gasteiger partial charge in [0.05, 0.1) is 37.6 Å². The lowest BCUT2D eigenvalue weighted by atomic mass is 9.48. The van der Waals surface area contributed by atoms with E-state index in [0.29, 0.717) is 25.4 Å². The summed E-state index contributed by atoms with van der Waals surface area (Å²) in [6.45, 7) is 11.9. The predicted octanol–water partition coefficient (Wildman–Crippen LogP) is 0.421. The third-order valence-corrected chi connectivity index (χ3v) is 17.5. The fourth-order valence-corrected chi connectivity index (χ4v) is 13.6. The number of ether oxygens (including phenoxy) is 8. The van der Waals surface area contributed by atoms with Gasteiger partial charge >= 0.3 is 0 Å². The molecule has 5 aliphatic heterocycles. The van der Waals surface area contributed by atoms with Crippen molar-refractivity contribution in [2.24, 2.45) is 46.3 Å². The molecule has 3 saturated carbocycles. The molecule has 0 aromatic rings. The number of hydrogen-bond donors (Lipinski definition) is 8. The molecule has 8 N–H and O–H groups in total. The number of fused-ring (bicyclic) bond motifs is 7. The third kappa shape index (κ3) is 7.22. The minimum Gasteiger partial charge on any atom is -0.394 e. The highest BCUT2D eigenvalue weighted by Gasteiger charge is 2.70. The molecule has 9 rings (SSSR count). The normalized spacial score (nSPS) is 57.7. The van der Waals surface area contributed by atoms with E-state index in [0.717, 1.165) is 38.5 Å². The monoisotopic (exact) mass is 882 g/mol. The van der Waals surface area contributed by atoms with E-state index in [4.69, 9.17) is 37.9 Å². The molecule has 0 amide bonds. The first kappa shape index (κ1) is 45.9. The molecular weight excluding hydrogens is 812 g/mol. The number of allylic oxidation sites excluding steroid dienone is 2. The third-order valence-electron chi connectivity index (χ3n) is 17.5. The van der Waals surface area contributed by atoms with E-state index in [9.17, 15) is 45.6 Å². The van der Waals surface area contributed by atoms with Gasteiger partial charge in [0.2, 0.25) is 0 Å². The Labute approximate surface area is 362 Å². The van der Waals surface area contributed by atoms with Gasteiger partial charge in [-0.3, -0.25) is 4.79 Å². The first-order valence-electron chi connectivity index (χ1n) is 23.2. The van der Waals surface area contributed by atoms with Crippen LogP contribution in [0.3, 0.4) is 0 Å². The van der Waals surface area contributed by atoms with Crippen molar-refractivity contribution in [3.63, 3.8) is 0 Å². The molecular formula is C45H70O17. The number of aliphatic hydroxyl groups excluding tert-OH is 8. The maximum absolute atomic E-state index is 14.6. The molecule has 0 aromatic heterocycles. The van der Waals surface area contributed by atoms with E-state index in [-0.39, 0.29) is 46.9 Å². The Bertz CT molecular complexity index is 1670. The number of ketones is 1. The summed E-state index contributed by atoms with van der Waals surface area (Å²) in [6.07, 6.45) is -13.8. The van der Waals surface area contributed by atoms with Gasteiger partial charge in [0.15, 0.2) is 30.4 Å². The minimum atomic E-state index is -1.73. The summed E-state index contributed by atoms with van der Waals surface area (Å²) in [7, 11) is 0.